The number of ether oxygens (including phenoxy) is 1. The molecule has 5 heteroatoms. The highest BCUT2D eigenvalue weighted by Gasteiger charge is 2.17. The van der Waals surface area contributed by atoms with Crippen molar-refractivity contribution in [2.45, 2.75) is 26.4 Å². The maximum absolute atomic E-state index is 5.48. The standard InChI is InChI=1S/C8H20N4O/c1-5-13-8(2,3)6-11-7(10-4)12-9/h5-6,9H2,1-4H3,(H2,10,11,12). The van der Waals surface area contributed by atoms with Gasteiger partial charge in [-0.05, 0) is 20.8 Å². The summed E-state index contributed by atoms with van der Waals surface area (Å²) in [7, 11) is 1.66. The van der Waals surface area contributed by atoms with E-state index in [1.54, 1.807) is 7.05 Å². The topological polar surface area (TPSA) is 71.7 Å². The Morgan fingerprint density at radius 3 is 2.54 bits per heavy atom. The summed E-state index contributed by atoms with van der Waals surface area (Å²) in [6.45, 7) is 7.35. The van der Waals surface area contributed by atoms with Crippen LogP contribution >= 0.6 is 0 Å². The van der Waals surface area contributed by atoms with Gasteiger partial charge in [-0.25, -0.2) is 5.84 Å². The predicted molar refractivity (Wildman–Crippen MR) is 54.4 cm³/mol. The Bertz CT molecular complexity index is 168. The molecule has 0 bridgehead atoms. The molecule has 0 saturated carbocycles. The lowest BCUT2D eigenvalue weighted by Crippen LogP contribution is -2.47. The van der Waals surface area contributed by atoms with Crippen LogP contribution in [-0.4, -0.2) is 31.8 Å². The zero-order valence-corrected chi connectivity index (χ0v) is 8.85. The smallest absolute Gasteiger partial charge is 0.205 e. The van der Waals surface area contributed by atoms with Crippen LogP contribution in [0.25, 0.3) is 0 Å². The number of hydrogen-bond acceptors (Lipinski definition) is 3. The molecule has 78 valence electrons. The van der Waals surface area contributed by atoms with Gasteiger partial charge in [-0.1, -0.05) is 0 Å². The van der Waals surface area contributed by atoms with Crippen LogP contribution in [0.3, 0.4) is 0 Å². The summed E-state index contributed by atoms with van der Waals surface area (Å²) < 4.78 is 5.48. The van der Waals surface area contributed by atoms with Gasteiger partial charge in [0.1, 0.15) is 0 Å². The van der Waals surface area contributed by atoms with E-state index in [2.05, 4.69) is 15.7 Å². The molecule has 0 fully saturated rings. The minimum atomic E-state index is -0.207. The molecular formula is C8H20N4O. The van der Waals surface area contributed by atoms with E-state index in [4.69, 9.17) is 10.6 Å². The number of hydrogen-bond donors (Lipinski definition) is 3. The van der Waals surface area contributed by atoms with Gasteiger partial charge in [-0.2, -0.15) is 0 Å². The summed E-state index contributed by atoms with van der Waals surface area (Å²) >= 11 is 0. The maximum Gasteiger partial charge on any atom is 0.205 e. The SMILES string of the molecule is CCOC(C)(C)CNC(=NC)NN. The predicted octanol–water partition coefficient (Wildman–Crippen LogP) is -0.160. The first-order chi connectivity index (χ1) is 6.05. The van der Waals surface area contributed by atoms with Crippen molar-refractivity contribution in [2.24, 2.45) is 10.8 Å². The molecule has 0 radical (unpaired) electrons. The van der Waals surface area contributed by atoms with Crippen molar-refractivity contribution in [2.75, 3.05) is 20.2 Å². The fourth-order valence-corrected chi connectivity index (χ4v) is 0.933. The molecule has 5 nitrogen and oxygen atoms in total. The fraction of sp³-hybridized carbons (Fsp3) is 0.875. The molecule has 0 aromatic carbocycles. The number of nitrogens with one attached hydrogen (secondary N) is 2. The lowest BCUT2D eigenvalue weighted by atomic mass is 10.1. The molecule has 0 saturated heterocycles. The summed E-state index contributed by atoms with van der Waals surface area (Å²) in [5, 5.41) is 3.03. The van der Waals surface area contributed by atoms with Crippen molar-refractivity contribution >= 4 is 5.96 Å². The van der Waals surface area contributed by atoms with Gasteiger partial charge in [-0.3, -0.25) is 10.4 Å². The molecule has 0 aliphatic carbocycles. The lowest BCUT2D eigenvalue weighted by Gasteiger charge is -2.25. The summed E-state index contributed by atoms with van der Waals surface area (Å²) in [4.78, 5) is 3.88. The molecule has 0 rings (SSSR count). The number of guanidine groups is 1. The minimum Gasteiger partial charge on any atom is -0.374 e. The van der Waals surface area contributed by atoms with Gasteiger partial charge < -0.3 is 10.1 Å². The first kappa shape index (κ1) is 12.2. The average molecular weight is 188 g/mol. The molecule has 0 aliphatic heterocycles. The van der Waals surface area contributed by atoms with Gasteiger partial charge in [0.05, 0.1) is 5.60 Å². The third-order valence-electron chi connectivity index (χ3n) is 1.58. The Balaban J connectivity index is 3.85. The maximum atomic E-state index is 5.48. The van der Waals surface area contributed by atoms with E-state index in [1.807, 2.05) is 20.8 Å². The van der Waals surface area contributed by atoms with Crippen LogP contribution in [0.4, 0.5) is 0 Å². The second kappa shape index (κ2) is 5.77. The third-order valence-corrected chi connectivity index (χ3v) is 1.58. The normalized spacial score (nSPS) is 12.8. The van der Waals surface area contributed by atoms with Crippen molar-refractivity contribution in [1.82, 2.24) is 10.7 Å². The molecule has 4 N–H and O–H groups in total. The van der Waals surface area contributed by atoms with Crippen LogP contribution in [0.15, 0.2) is 4.99 Å². The Kier molecular flexibility index (Phi) is 5.41. The van der Waals surface area contributed by atoms with Crippen LogP contribution in [0.5, 0.6) is 0 Å². The van der Waals surface area contributed by atoms with Crippen molar-refractivity contribution in [3.05, 3.63) is 0 Å². The molecule has 13 heavy (non-hydrogen) atoms. The Hall–Kier alpha value is -0.810. The summed E-state index contributed by atoms with van der Waals surface area (Å²) in [6.07, 6.45) is 0. The van der Waals surface area contributed by atoms with Gasteiger partial charge in [-0.15, -0.1) is 0 Å². The van der Waals surface area contributed by atoms with E-state index in [0.29, 0.717) is 19.1 Å². The zero-order chi connectivity index (χ0) is 10.3. The molecular weight excluding hydrogens is 168 g/mol. The zero-order valence-electron chi connectivity index (χ0n) is 8.85. The van der Waals surface area contributed by atoms with E-state index >= 15 is 0 Å². The highest BCUT2D eigenvalue weighted by Crippen LogP contribution is 2.06. The number of nitrogens with two attached hydrogens (primary N) is 1. The summed E-state index contributed by atoms with van der Waals surface area (Å²) in [5.74, 6) is 5.77. The fourth-order valence-electron chi connectivity index (χ4n) is 0.933. The highest BCUT2D eigenvalue weighted by molar-refractivity contribution is 5.78. The molecule has 0 spiro atoms. The van der Waals surface area contributed by atoms with E-state index < -0.39 is 0 Å². The van der Waals surface area contributed by atoms with E-state index in [0.717, 1.165) is 0 Å². The van der Waals surface area contributed by atoms with Crippen molar-refractivity contribution < 1.29 is 4.74 Å². The lowest BCUT2D eigenvalue weighted by molar-refractivity contribution is -0.00584. The molecule has 0 aliphatic rings. The molecule has 0 heterocycles. The highest BCUT2D eigenvalue weighted by atomic mass is 16.5. The number of aliphatic imine (C=N–C) groups is 1. The first-order valence-electron chi connectivity index (χ1n) is 4.37. The Morgan fingerprint density at radius 1 is 1.54 bits per heavy atom. The van der Waals surface area contributed by atoms with Crippen LogP contribution in [-0.2, 0) is 4.74 Å². The second-order valence-corrected chi connectivity index (χ2v) is 3.26. The molecule has 0 aromatic rings. The number of nitrogens with zero attached hydrogens (tertiary/aromatic N) is 1. The molecule has 0 aromatic heterocycles. The van der Waals surface area contributed by atoms with E-state index in [9.17, 15) is 0 Å². The molecule has 0 unspecified atom stereocenters. The Labute approximate surface area is 79.7 Å². The van der Waals surface area contributed by atoms with Crippen LogP contribution < -0.4 is 16.6 Å². The van der Waals surface area contributed by atoms with Crippen LogP contribution in [0.1, 0.15) is 20.8 Å². The summed E-state index contributed by atoms with van der Waals surface area (Å²) in [5.41, 5.74) is 2.24. The first-order valence-corrected chi connectivity index (χ1v) is 4.37. The van der Waals surface area contributed by atoms with E-state index in [-0.39, 0.29) is 5.60 Å². The molecule has 0 amide bonds. The number of hydrazine groups is 1. The third kappa shape index (κ3) is 5.43. The van der Waals surface area contributed by atoms with Gasteiger partial charge >= 0.3 is 0 Å². The Morgan fingerprint density at radius 2 is 2.15 bits per heavy atom. The van der Waals surface area contributed by atoms with Gasteiger partial charge in [0, 0.05) is 20.2 Å². The van der Waals surface area contributed by atoms with Gasteiger partial charge in [0.15, 0.2) is 0 Å². The summed E-state index contributed by atoms with van der Waals surface area (Å²) in [6, 6.07) is 0. The second-order valence-electron chi connectivity index (χ2n) is 3.26. The van der Waals surface area contributed by atoms with Crippen LogP contribution in [0.2, 0.25) is 0 Å². The van der Waals surface area contributed by atoms with Crippen molar-refractivity contribution in [3.63, 3.8) is 0 Å². The van der Waals surface area contributed by atoms with Crippen molar-refractivity contribution in [1.29, 1.82) is 0 Å². The average Bonchev–Trinajstić information content (AvgIpc) is 2.06. The van der Waals surface area contributed by atoms with E-state index in [1.165, 1.54) is 0 Å². The minimum absolute atomic E-state index is 0.207. The number of rotatable bonds is 4. The monoisotopic (exact) mass is 188 g/mol. The van der Waals surface area contributed by atoms with Gasteiger partial charge in [0.25, 0.3) is 0 Å². The quantitative estimate of drug-likeness (QED) is 0.248. The van der Waals surface area contributed by atoms with Crippen LogP contribution in [0, 0.1) is 0 Å². The van der Waals surface area contributed by atoms with Crippen molar-refractivity contribution in [3.8, 4) is 0 Å². The van der Waals surface area contributed by atoms with Gasteiger partial charge in [0.2, 0.25) is 5.96 Å². The molecule has 0 atom stereocenters. The largest absolute Gasteiger partial charge is 0.374 e.